The Morgan fingerprint density at radius 3 is 2.43 bits per heavy atom. The minimum absolute atomic E-state index is 0.246. The first-order valence-corrected chi connectivity index (χ1v) is 8.23. The quantitative estimate of drug-likeness (QED) is 0.729. The third-order valence-electron chi connectivity index (χ3n) is 3.77. The Labute approximate surface area is 137 Å². The van der Waals surface area contributed by atoms with Gasteiger partial charge in [0.1, 0.15) is 17.2 Å². The number of benzene rings is 1. The third-order valence-corrected chi connectivity index (χ3v) is 3.77. The number of hydrogen-bond acceptors (Lipinski definition) is 3. The molecule has 0 saturated heterocycles. The zero-order valence-corrected chi connectivity index (χ0v) is 14.2. The van der Waals surface area contributed by atoms with E-state index in [2.05, 4.69) is 0 Å². The molecule has 1 aliphatic rings. The minimum atomic E-state index is -0.482. The molecule has 4 nitrogen and oxygen atoms in total. The van der Waals surface area contributed by atoms with Gasteiger partial charge >= 0.3 is 6.09 Å². The highest BCUT2D eigenvalue weighted by molar-refractivity contribution is 5.68. The molecule has 5 heteroatoms. The van der Waals surface area contributed by atoms with E-state index in [0.29, 0.717) is 25.3 Å². The highest BCUT2D eigenvalue weighted by Gasteiger charge is 2.31. The molecular weight excluding hydrogens is 297 g/mol. The summed E-state index contributed by atoms with van der Waals surface area (Å²) in [7, 11) is 0. The van der Waals surface area contributed by atoms with Crippen molar-refractivity contribution in [2.45, 2.75) is 58.1 Å². The number of carbonyl (C=O) groups excluding carboxylic acids is 1. The van der Waals surface area contributed by atoms with Crippen LogP contribution < -0.4 is 4.74 Å². The maximum atomic E-state index is 12.8. The van der Waals surface area contributed by atoms with Crippen LogP contribution in [0.25, 0.3) is 0 Å². The van der Waals surface area contributed by atoms with Gasteiger partial charge in [-0.25, -0.2) is 9.18 Å². The summed E-state index contributed by atoms with van der Waals surface area (Å²) in [5.74, 6) is 0.359. The molecule has 0 heterocycles. The van der Waals surface area contributed by atoms with Crippen molar-refractivity contribution in [3.05, 3.63) is 30.1 Å². The third kappa shape index (κ3) is 5.73. The van der Waals surface area contributed by atoms with Gasteiger partial charge in [0.25, 0.3) is 0 Å². The summed E-state index contributed by atoms with van der Waals surface area (Å²) < 4.78 is 23.9. The molecule has 1 amide bonds. The smallest absolute Gasteiger partial charge is 0.410 e. The predicted octanol–water partition coefficient (Wildman–Crippen LogP) is 4.38. The van der Waals surface area contributed by atoms with Crippen molar-refractivity contribution in [2.24, 2.45) is 0 Å². The Hall–Kier alpha value is -1.78. The van der Waals surface area contributed by atoms with Crippen LogP contribution in [0, 0.1) is 5.82 Å². The zero-order chi connectivity index (χ0) is 16.9. The number of ether oxygens (including phenoxy) is 2. The number of halogens is 1. The van der Waals surface area contributed by atoms with Gasteiger partial charge in [-0.15, -0.1) is 0 Å². The summed E-state index contributed by atoms with van der Waals surface area (Å²) in [6, 6.07) is 6.24. The molecule has 0 N–H and O–H groups in total. The number of hydrogen-bond donors (Lipinski definition) is 0. The van der Waals surface area contributed by atoms with Crippen LogP contribution in [0.3, 0.4) is 0 Å². The van der Waals surface area contributed by atoms with Gasteiger partial charge in [-0.1, -0.05) is 0 Å². The van der Waals surface area contributed by atoms with Crippen molar-refractivity contribution < 1.29 is 18.7 Å². The predicted molar refractivity (Wildman–Crippen MR) is 87.1 cm³/mol. The first-order chi connectivity index (χ1) is 10.8. The summed E-state index contributed by atoms with van der Waals surface area (Å²) >= 11 is 0. The molecule has 1 aromatic rings. The zero-order valence-electron chi connectivity index (χ0n) is 14.2. The molecule has 23 heavy (non-hydrogen) atoms. The molecule has 1 fully saturated rings. The van der Waals surface area contributed by atoms with Gasteiger partial charge in [0.2, 0.25) is 0 Å². The van der Waals surface area contributed by atoms with Crippen LogP contribution in [0.15, 0.2) is 24.3 Å². The lowest BCUT2D eigenvalue weighted by molar-refractivity contribution is 0.00603. The Kier molecular flexibility index (Phi) is 5.85. The average molecular weight is 323 g/mol. The van der Waals surface area contributed by atoms with E-state index >= 15 is 0 Å². The lowest BCUT2D eigenvalue weighted by Crippen LogP contribution is -2.47. The van der Waals surface area contributed by atoms with Crippen LogP contribution in [0.1, 0.15) is 46.5 Å². The van der Waals surface area contributed by atoms with Crippen LogP contribution in [0.2, 0.25) is 0 Å². The maximum absolute atomic E-state index is 12.8. The summed E-state index contributed by atoms with van der Waals surface area (Å²) in [6.45, 7) is 6.73. The van der Waals surface area contributed by atoms with Crippen molar-refractivity contribution in [3.8, 4) is 5.75 Å². The monoisotopic (exact) mass is 323 g/mol. The standard InChI is InChI=1S/C18H26FNO3/c1-18(2,3)23-17(21)20(15-6-4-7-15)12-5-13-22-16-10-8-14(19)9-11-16/h8-11,15H,4-7,12-13H2,1-3H3. The minimum Gasteiger partial charge on any atom is -0.494 e. The first kappa shape index (κ1) is 17.6. The highest BCUT2D eigenvalue weighted by atomic mass is 19.1. The Morgan fingerprint density at radius 2 is 1.91 bits per heavy atom. The van der Waals surface area contributed by atoms with E-state index in [4.69, 9.17) is 9.47 Å². The Balaban J connectivity index is 1.79. The molecule has 0 bridgehead atoms. The second kappa shape index (κ2) is 7.66. The van der Waals surface area contributed by atoms with Gasteiger partial charge in [0.05, 0.1) is 6.61 Å². The van der Waals surface area contributed by atoms with Crippen molar-refractivity contribution in [1.82, 2.24) is 4.90 Å². The second-order valence-corrected chi connectivity index (χ2v) is 6.91. The molecule has 0 aromatic heterocycles. The highest BCUT2D eigenvalue weighted by Crippen LogP contribution is 2.26. The summed E-state index contributed by atoms with van der Waals surface area (Å²) in [4.78, 5) is 14.1. The van der Waals surface area contributed by atoms with Crippen LogP contribution in [0.4, 0.5) is 9.18 Å². The summed E-state index contributed by atoms with van der Waals surface area (Å²) in [5, 5.41) is 0. The molecule has 0 radical (unpaired) electrons. The first-order valence-electron chi connectivity index (χ1n) is 8.23. The summed E-state index contributed by atoms with van der Waals surface area (Å²) in [5.41, 5.74) is -0.482. The topological polar surface area (TPSA) is 38.8 Å². The van der Waals surface area contributed by atoms with E-state index in [1.54, 1.807) is 12.1 Å². The van der Waals surface area contributed by atoms with Gasteiger partial charge in [-0.3, -0.25) is 0 Å². The molecule has 0 unspecified atom stereocenters. The van der Waals surface area contributed by atoms with Crippen LogP contribution in [-0.2, 0) is 4.74 Å². The van der Waals surface area contributed by atoms with Gasteiger partial charge in [0.15, 0.2) is 0 Å². The van der Waals surface area contributed by atoms with Crippen LogP contribution in [-0.4, -0.2) is 35.8 Å². The number of amides is 1. The molecule has 0 atom stereocenters. The number of rotatable bonds is 6. The molecule has 0 spiro atoms. The largest absolute Gasteiger partial charge is 0.494 e. The van der Waals surface area contributed by atoms with E-state index in [-0.39, 0.29) is 18.0 Å². The fraction of sp³-hybridized carbons (Fsp3) is 0.611. The van der Waals surface area contributed by atoms with Gasteiger partial charge in [0, 0.05) is 12.6 Å². The fourth-order valence-corrected chi connectivity index (χ4v) is 2.40. The average Bonchev–Trinajstić information content (AvgIpc) is 2.40. The number of carbonyl (C=O) groups is 1. The van der Waals surface area contributed by atoms with E-state index in [9.17, 15) is 9.18 Å². The van der Waals surface area contributed by atoms with Crippen molar-refractivity contribution in [2.75, 3.05) is 13.2 Å². The lowest BCUT2D eigenvalue weighted by Gasteiger charge is -2.38. The van der Waals surface area contributed by atoms with E-state index < -0.39 is 5.60 Å². The Morgan fingerprint density at radius 1 is 1.26 bits per heavy atom. The van der Waals surface area contributed by atoms with E-state index in [0.717, 1.165) is 19.3 Å². The molecule has 128 valence electrons. The number of nitrogens with zero attached hydrogens (tertiary/aromatic N) is 1. The van der Waals surface area contributed by atoms with Gasteiger partial charge < -0.3 is 14.4 Å². The summed E-state index contributed by atoms with van der Waals surface area (Å²) in [6.07, 6.45) is 3.71. The molecule has 1 aromatic carbocycles. The van der Waals surface area contributed by atoms with Crippen LogP contribution in [0.5, 0.6) is 5.75 Å². The normalized spacial score (nSPS) is 15.0. The van der Waals surface area contributed by atoms with Gasteiger partial charge in [-0.05, 0) is 70.7 Å². The SMILES string of the molecule is CC(C)(C)OC(=O)N(CCCOc1ccc(F)cc1)C1CCC1. The van der Waals surface area contributed by atoms with E-state index in [1.165, 1.54) is 12.1 Å². The van der Waals surface area contributed by atoms with Gasteiger partial charge in [-0.2, -0.15) is 0 Å². The molecule has 2 rings (SSSR count). The molecule has 1 saturated carbocycles. The molecule has 0 aliphatic heterocycles. The fourth-order valence-electron chi connectivity index (χ4n) is 2.40. The second-order valence-electron chi connectivity index (χ2n) is 6.91. The molecular formula is C18H26FNO3. The van der Waals surface area contributed by atoms with E-state index in [1.807, 2.05) is 25.7 Å². The molecule has 1 aliphatic carbocycles. The van der Waals surface area contributed by atoms with Crippen LogP contribution >= 0.6 is 0 Å². The maximum Gasteiger partial charge on any atom is 0.410 e. The van der Waals surface area contributed by atoms with Crippen molar-refractivity contribution >= 4 is 6.09 Å². The van der Waals surface area contributed by atoms with Crippen molar-refractivity contribution in [3.63, 3.8) is 0 Å². The van der Waals surface area contributed by atoms with Crippen molar-refractivity contribution in [1.29, 1.82) is 0 Å². The lowest BCUT2D eigenvalue weighted by atomic mass is 9.91. The Bertz CT molecular complexity index is 506.